The maximum absolute atomic E-state index is 12.8. The molecule has 1 aromatic heterocycles. The second-order valence-electron chi connectivity index (χ2n) is 9.06. The van der Waals surface area contributed by atoms with Crippen molar-refractivity contribution in [1.82, 2.24) is 10.2 Å². The topological polar surface area (TPSA) is 35.6 Å². The van der Waals surface area contributed by atoms with E-state index in [2.05, 4.69) is 34.2 Å². The highest BCUT2D eigenvalue weighted by Crippen LogP contribution is 2.43. The minimum atomic E-state index is 0.0814. The van der Waals surface area contributed by atoms with E-state index < -0.39 is 0 Å². The Labute approximate surface area is 204 Å². The predicted molar refractivity (Wildman–Crippen MR) is 138 cm³/mol. The van der Waals surface area contributed by atoms with E-state index in [0.717, 1.165) is 54.3 Å². The molecule has 1 atom stereocenters. The molecule has 0 spiro atoms. The van der Waals surface area contributed by atoms with Crippen LogP contribution < -0.4 is 10.2 Å². The summed E-state index contributed by atoms with van der Waals surface area (Å²) in [6, 6.07) is 8.07. The zero-order valence-corrected chi connectivity index (χ0v) is 20.9. The fraction of sp³-hybridized carbons (Fsp3) is 0.480. The van der Waals surface area contributed by atoms with Crippen LogP contribution in [0, 0.1) is 5.92 Å². The van der Waals surface area contributed by atoms with Gasteiger partial charge in [-0.2, -0.15) is 0 Å². The third-order valence-corrected chi connectivity index (χ3v) is 9.30. The van der Waals surface area contributed by atoms with Gasteiger partial charge in [0.05, 0.1) is 4.91 Å². The van der Waals surface area contributed by atoms with E-state index in [9.17, 15) is 4.79 Å². The number of piperazine rings is 1. The maximum atomic E-state index is 12.8. The molecule has 0 unspecified atom stereocenters. The Kier molecular flexibility index (Phi) is 6.84. The number of carbonyl (C=O) groups excluding carboxylic acids is 1. The molecule has 1 saturated heterocycles. The largest absolute Gasteiger partial charge is 0.369 e. The van der Waals surface area contributed by atoms with Crippen LogP contribution in [-0.4, -0.2) is 50.1 Å². The number of hydrogen-bond acceptors (Lipinski definition) is 5. The summed E-state index contributed by atoms with van der Waals surface area (Å²) in [5.41, 5.74) is 4.27. The minimum absolute atomic E-state index is 0.0814. The zero-order valence-electron chi connectivity index (χ0n) is 18.5. The number of nitrogens with one attached hydrogen (secondary N) is 1. The summed E-state index contributed by atoms with van der Waals surface area (Å²) < 4.78 is 0. The molecule has 7 heteroatoms. The number of halogens is 1. The lowest BCUT2D eigenvalue weighted by molar-refractivity contribution is -0.116. The van der Waals surface area contributed by atoms with Crippen molar-refractivity contribution in [2.24, 2.45) is 5.92 Å². The van der Waals surface area contributed by atoms with E-state index in [4.69, 9.17) is 11.6 Å². The smallest absolute Gasteiger partial charge is 0.257 e. The quantitative estimate of drug-likeness (QED) is 0.640. The molecule has 4 nitrogen and oxygen atoms in total. The van der Waals surface area contributed by atoms with E-state index in [0.29, 0.717) is 6.54 Å². The molecule has 3 heterocycles. The number of amides is 1. The van der Waals surface area contributed by atoms with Crippen LogP contribution in [0.2, 0.25) is 5.02 Å². The lowest BCUT2D eigenvalue weighted by Gasteiger charge is -2.36. The van der Waals surface area contributed by atoms with Crippen LogP contribution in [0.4, 0.5) is 5.69 Å². The average Bonchev–Trinajstić information content (AvgIpc) is 3.16. The Morgan fingerprint density at radius 1 is 1.22 bits per heavy atom. The van der Waals surface area contributed by atoms with Crippen molar-refractivity contribution in [3.05, 3.63) is 55.1 Å². The number of thiophene rings is 1. The number of carbonyl (C=O) groups is 1. The molecular formula is C25H30ClN3OS2. The summed E-state index contributed by atoms with van der Waals surface area (Å²) in [7, 11) is 0. The van der Waals surface area contributed by atoms with Crippen LogP contribution in [-0.2, 0) is 23.4 Å². The lowest BCUT2D eigenvalue weighted by atomic mass is 9.88. The van der Waals surface area contributed by atoms with E-state index in [1.807, 2.05) is 29.5 Å². The average molecular weight is 488 g/mol. The molecule has 1 aliphatic carbocycles. The number of rotatable bonds is 5. The van der Waals surface area contributed by atoms with Gasteiger partial charge in [-0.3, -0.25) is 9.69 Å². The molecule has 1 amide bonds. The molecular weight excluding hydrogens is 458 g/mol. The SMILES string of the molecule is C[C@@H]1CCc2c(sc3c2CSC(C(=O)NCCN2CCN(c4cccc(Cl)c4)CC2)=C3)C1. The summed E-state index contributed by atoms with van der Waals surface area (Å²) in [6.45, 7) is 7.91. The van der Waals surface area contributed by atoms with Crippen molar-refractivity contribution < 1.29 is 4.79 Å². The van der Waals surface area contributed by atoms with Gasteiger partial charge in [0.15, 0.2) is 0 Å². The number of benzene rings is 1. The highest BCUT2D eigenvalue weighted by atomic mass is 35.5. The van der Waals surface area contributed by atoms with E-state index in [1.165, 1.54) is 35.4 Å². The van der Waals surface area contributed by atoms with E-state index >= 15 is 0 Å². The normalized spacial score (nSPS) is 21.0. The van der Waals surface area contributed by atoms with Crippen LogP contribution >= 0.6 is 34.7 Å². The minimum Gasteiger partial charge on any atom is -0.369 e. The van der Waals surface area contributed by atoms with Gasteiger partial charge in [-0.05, 0) is 60.6 Å². The first kappa shape index (κ1) is 22.3. The molecule has 32 heavy (non-hydrogen) atoms. The molecule has 0 radical (unpaired) electrons. The van der Waals surface area contributed by atoms with Gasteiger partial charge in [-0.1, -0.05) is 24.6 Å². The molecule has 1 aromatic carbocycles. The van der Waals surface area contributed by atoms with Crippen LogP contribution in [0.15, 0.2) is 29.2 Å². The first-order valence-electron chi connectivity index (χ1n) is 11.6. The third-order valence-electron chi connectivity index (χ3n) is 6.77. The Bertz CT molecular complexity index is 1030. The Hall–Kier alpha value is -1.47. The predicted octanol–water partition coefficient (Wildman–Crippen LogP) is 5.05. The number of thioether (sulfide) groups is 1. The van der Waals surface area contributed by atoms with Gasteiger partial charge in [0.25, 0.3) is 5.91 Å². The highest BCUT2D eigenvalue weighted by molar-refractivity contribution is 8.03. The first-order valence-corrected chi connectivity index (χ1v) is 13.7. The van der Waals surface area contributed by atoms with Gasteiger partial charge < -0.3 is 10.2 Å². The van der Waals surface area contributed by atoms with Gasteiger partial charge in [0, 0.05) is 65.5 Å². The first-order chi connectivity index (χ1) is 15.6. The van der Waals surface area contributed by atoms with Crippen molar-refractivity contribution in [1.29, 1.82) is 0 Å². The van der Waals surface area contributed by atoms with E-state index in [-0.39, 0.29) is 5.91 Å². The molecule has 1 N–H and O–H groups in total. The summed E-state index contributed by atoms with van der Waals surface area (Å²) in [5, 5.41) is 3.94. The van der Waals surface area contributed by atoms with Gasteiger partial charge in [-0.15, -0.1) is 23.1 Å². The Morgan fingerprint density at radius 2 is 2.06 bits per heavy atom. The van der Waals surface area contributed by atoms with Gasteiger partial charge in [0.1, 0.15) is 0 Å². The standard InChI is InChI=1S/C25H30ClN3OS2/c1-17-5-6-20-21-16-31-24(15-23(21)32-22(20)13-17)25(30)27-7-8-28-9-11-29(12-10-28)19-4-2-3-18(26)14-19/h2-4,14-15,17H,5-13,16H2,1H3,(H,27,30)/t17-/m1/s1. The van der Waals surface area contributed by atoms with Crippen LogP contribution in [0.1, 0.15) is 34.2 Å². The van der Waals surface area contributed by atoms with Crippen molar-refractivity contribution >= 4 is 52.4 Å². The third kappa shape index (κ3) is 4.89. The number of fused-ring (bicyclic) bond motifs is 3. The molecule has 1 fully saturated rings. The molecule has 2 aliphatic heterocycles. The van der Waals surface area contributed by atoms with Crippen LogP contribution in [0.3, 0.4) is 0 Å². The van der Waals surface area contributed by atoms with Gasteiger partial charge in [-0.25, -0.2) is 0 Å². The summed E-state index contributed by atoms with van der Waals surface area (Å²) >= 11 is 9.75. The maximum Gasteiger partial charge on any atom is 0.257 e. The van der Waals surface area contributed by atoms with Crippen LogP contribution in [0.5, 0.6) is 0 Å². The molecule has 0 saturated carbocycles. The monoisotopic (exact) mass is 487 g/mol. The molecule has 2 aromatic rings. The Morgan fingerprint density at radius 3 is 2.88 bits per heavy atom. The fourth-order valence-electron chi connectivity index (χ4n) is 4.87. The number of anilines is 1. The summed E-state index contributed by atoms with van der Waals surface area (Å²) in [5.74, 6) is 1.81. The van der Waals surface area contributed by atoms with Gasteiger partial charge in [0.2, 0.25) is 0 Å². The van der Waals surface area contributed by atoms with E-state index in [1.54, 1.807) is 22.2 Å². The van der Waals surface area contributed by atoms with Crippen molar-refractivity contribution in [2.75, 3.05) is 44.2 Å². The van der Waals surface area contributed by atoms with Crippen LogP contribution in [0.25, 0.3) is 6.08 Å². The fourth-order valence-corrected chi connectivity index (χ4v) is 7.73. The van der Waals surface area contributed by atoms with Gasteiger partial charge >= 0.3 is 0 Å². The highest BCUT2D eigenvalue weighted by Gasteiger charge is 2.27. The summed E-state index contributed by atoms with van der Waals surface area (Å²) in [6.07, 6.45) is 5.85. The lowest BCUT2D eigenvalue weighted by Crippen LogP contribution is -2.48. The number of hydrogen-bond donors (Lipinski definition) is 1. The number of nitrogens with zero attached hydrogens (tertiary/aromatic N) is 2. The zero-order chi connectivity index (χ0) is 22.1. The molecule has 170 valence electrons. The molecule has 0 bridgehead atoms. The second-order valence-corrected chi connectivity index (χ2v) is 11.6. The summed E-state index contributed by atoms with van der Waals surface area (Å²) in [4.78, 5) is 21.3. The molecule has 3 aliphatic rings. The van der Waals surface area contributed by atoms with Crippen molar-refractivity contribution in [3.8, 4) is 0 Å². The second kappa shape index (κ2) is 9.80. The Balaban J connectivity index is 1.10. The van der Waals surface area contributed by atoms with Crippen molar-refractivity contribution in [2.45, 2.75) is 31.9 Å². The molecule has 5 rings (SSSR count). The van der Waals surface area contributed by atoms with Crippen molar-refractivity contribution in [3.63, 3.8) is 0 Å².